The van der Waals surface area contributed by atoms with Crippen LogP contribution in [0.3, 0.4) is 0 Å². The fraction of sp³-hybridized carbons (Fsp3) is 0.833. The summed E-state index contributed by atoms with van der Waals surface area (Å²) in [6.45, 7) is 4.53. The van der Waals surface area contributed by atoms with Crippen LogP contribution in [0.15, 0.2) is 5.16 Å². The molecule has 0 bridgehead atoms. The average Bonchev–Trinajstić information content (AvgIpc) is 2.53. The van der Waals surface area contributed by atoms with Gasteiger partial charge in [0.2, 0.25) is 0 Å². The molecule has 1 heterocycles. The summed E-state index contributed by atoms with van der Waals surface area (Å²) >= 11 is 0. The van der Waals surface area contributed by atoms with E-state index < -0.39 is 5.97 Å². The fourth-order valence-electron chi connectivity index (χ4n) is 2.61. The number of hydrogen-bond acceptors (Lipinski definition) is 3. The Labute approximate surface area is 95.7 Å². The molecule has 4 heteroatoms. The van der Waals surface area contributed by atoms with Crippen LogP contribution in [0.5, 0.6) is 0 Å². The van der Waals surface area contributed by atoms with Crippen LogP contribution in [0.1, 0.15) is 52.4 Å². The number of nitrogens with zero attached hydrogens (tertiary/aromatic N) is 1. The molecule has 1 unspecified atom stereocenters. The van der Waals surface area contributed by atoms with E-state index in [9.17, 15) is 4.79 Å². The molecule has 1 saturated carbocycles. The summed E-state index contributed by atoms with van der Waals surface area (Å²) in [6, 6.07) is 0. The van der Waals surface area contributed by atoms with E-state index in [0.717, 1.165) is 25.7 Å². The van der Waals surface area contributed by atoms with Crippen molar-refractivity contribution in [1.29, 1.82) is 0 Å². The first-order valence-electron chi connectivity index (χ1n) is 5.91. The molecule has 4 nitrogen and oxygen atoms in total. The lowest BCUT2D eigenvalue weighted by Gasteiger charge is -2.26. The summed E-state index contributed by atoms with van der Waals surface area (Å²) in [4.78, 5) is 16.3. The number of oxime groups is 1. The third-order valence-corrected chi connectivity index (χ3v) is 3.83. The predicted octanol–water partition coefficient (Wildman–Crippen LogP) is 2.58. The number of rotatable bonds is 1. The van der Waals surface area contributed by atoms with Gasteiger partial charge in [0.1, 0.15) is 5.60 Å². The highest BCUT2D eigenvalue weighted by molar-refractivity contribution is 6.36. The first kappa shape index (κ1) is 11.4. The second-order valence-corrected chi connectivity index (χ2v) is 5.81. The van der Waals surface area contributed by atoms with Gasteiger partial charge in [-0.25, -0.2) is 4.79 Å². The zero-order valence-corrected chi connectivity index (χ0v) is 9.95. The number of carboxylic acid groups (broad SMARTS) is 1. The normalized spacial score (nSPS) is 33.0. The minimum atomic E-state index is -0.944. The molecule has 2 rings (SSSR count). The number of carbonyl (C=O) groups is 1. The van der Waals surface area contributed by atoms with Crippen LogP contribution in [0.4, 0.5) is 0 Å². The lowest BCUT2D eigenvalue weighted by Crippen LogP contribution is -2.30. The number of aliphatic carboxylic acids is 1. The highest BCUT2D eigenvalue weighted by Gasteiger charge is 2.43. The maximum absolute atomic E-state index is 10.8. The molecule has 1 fully saturated rings. The summed E-state index contributed by atoms with van der Waals surface area (Å²) in [7, 11) is 0. The molecule has 1 aliphatic carbocycles. The largest absolute Gasteiger partial charge is 0.477 e. The minimum Gasteiger partial charge on any atom is -0.477 e. The summed E-state index contributed by atoms with van der Waals surface area (Å²) in [6.07, 6.45) is 5.67. The maximum Gasteiger partial charge on any atom is 0.353 e. The van der Waals surface area contributed by atoms with Gasteiger partial charge in [0.05, 0.1) is 0 Å². The van der Waals surface area contributed by atoms with Crippen LogP contribution in [-0.2, 0) is 9.63 Å². The lowest BCUT2D eigenvalue weighted by atomic mass is 9.83. The molecule has 90 valence electrons. The SMILES string of the molecule is CC1(C)CCCC2(CC1)CC(C(=O)O)=NO2. The molecule has 16 heavy (non-hydrogen) atoms. The molecule has 0 amide bonds. The van der Waals surface area contributed by atoms with Crippen molar-refractivity contribution >= 4 is 11.7 Å². The Kier molecular flexibility index (Phi) is 2.68. The molecular weight excluding hydrogens is 206 g/mol. The summed E-state index contributed by atoms with van der Waals surface area (Å²) < 4.78 is 0. The van der Waals surface area contributed by atoms with Gasteiger partial charge in [-0.1, -0.05) is 19.0 Å². The van der Waals surface area contributed by atoms with Gasteiger partial charge in [-0.15, -0.1) is 0 Å². The van der Waals surface area contributed by atoms with Gasteiger partial charge in [-0.3, -0.25) is 0 Å². The average molecular weight is 225 g/mol. The van der Waals surface area contributed by atoms with Gasteiger partial charge >= 0.3 is 5.97 Å². The van der Waals surface area contributed by atoms with Crippen LogP contribution in [-0.4, -0.2) is 22.4 Å². The summed E-state index contributed by atoms with van der Waals surface area (Å²) in [5.74, 6) is -0.944. The van der Waals surface area contributed by atoms with Gasteiger partial charge in [-0.05, 0) is 37.5 Å². The summed E-state index contributed by atoms with van der Waals surface area (Å²) in [5, 5.41) is 12.6. The standard InChI is InChI=1S/C12H19NO3/c1-11(2)4-3-5-12(7-6-11)8-9(10(14)15)13-16-12/h3-8H2,1-2H3,(H,14,15). The van der Waals surface area contributed by atoms with Crippen LogP contribution < -0.4 is 0 Å². The number of carboxylic acids is 1. The van der Waals surface area contributed by atoms with Crippen LogP contribution in [0.25, 0.3) is 0 Å². The van der Waals surface area contributed by atoms with Crippen molar-refractivity contribution in [3.63, 3.8) is 0 Å². The van der Waals surface area contributed by atoms with Crippen molar-refractivity contribution in [3.05, 3.63) is 0 Å². The smallest absolute Gasteiger partial charge is 0.353 e. The first-order valence-corrected chi connectivity index (χ1v) is 5.91. The molecule has 1 spiro atoms. The van der Waals surface area contributed by atoms with E-state index in [4.69, 9.17) is 9.94 Å². The molecule has 1 aliphatic heterocycles. The highest BCUT2D eigenvalue weighted by atomic mass is 16.7. The Morgan fingerprint density at radius 1 is 1.31 bits per heavy atom. The zero-order valence-electron chi connectivity index (χ0n) is 9.95. The van der Waals surface area contributed by atoms with E-state index in [1.807, 2.05) is 0 Å². The third-order valence-electron chi connectivity index (χ3n) is 3.83. The quantitative estimate of drug-likeness (QED) is 0.746. The van der Waals surface area contributed by atoms with Gasteiger partial charge in [-0.2, -0.15) is 0 Å². The van der Waals surface area contributed by atoms with Gasteiger partial charge in [0.25, 0.3) is 0 Å². The van der Waals surface area contributed by atoms with Gasteiger partial charge < -0.3 is 9.94 Å². The molecule has 2 aliphatic rings. The van der Waals surface area contributed by atoms with Gasteiger partial charge in [0.15, 0.2) is 5.71 Å². The minimum absolute atomic E-state index is 0.180. The Morgan fingerprint density at radius 2 is 2.06 bits per heavy atom. The predicted molar refractivity (Wildman–Crippen MR) is 60.4 cm³/mol. The van der Waals surface area contributed by atoms with Crippen molar-refractivity contribution in [3.8, 4) is 0 Å². The Bertz CT molecular complexity index is 335. The molecule has 0 aromatic carbocycles. The van der Waals surface area contributed by atoms with Crippen molar-refractivity contribution in [2.24, 2.45) is 10.6 Å². The van der Waals surface area contributed by atoms with Crippen LogP contribution in [0, 0.1) is 5.41 Å². The van der Waals surface area contributed by atoms with Crippen molar-refractivity contribution in [2.75, 3.05) is 0 Å². The molecular formula is C12H19NO3. The van der Waals surface area contributed by atoms with E-state index in [1.54, 1.807) is 0 Å². The van der Waals surface area contributed by atoms with E-state index in [0.29, 0.717) is 11.8 Å². The zero-order chi connectivity index (χ0) is 11.8. The molecule has 0 aromatic heterocycles. The Balaban J connectivity index is 2.04. The van der Waals surface area contributed by atoms with Gasteiger partial charge in [0, 0.05) is 6.42 Å². The summed E-state index contributed by atoms with van der Waals surface area (Å²) in [5.41, 5.74) is 0.208. The van der Waals surface area contributed by atoms with E-state index in [2.05, 4.69) is 19.0 Å². The highest BCUT2D eigenvalue weighted by Crippen LogP contribution is 2.43. The molecule has 0 aromatic rings. The number of hydrogen-bond donors (Lipinski definition) is 1. The Hall–Kier alpha value is -1.06. The monoisotopic (exact) mass is 225 g/mol. The van der Waals surface area contributed by atoms with Crippen molar-refractivity contribution < 1.29 is 14.7 Å². The molecule has 1 atom stereocenters. The molecule has 1 N–H and O–H groups in total. The maximum atomic E-state index is 10.8. The topological polar surface area (TPSA) is 58.9 Å². The van der Waals surface area contributed by atoms with Crippen LogP contribution >= 0.6 is 0 Å². The fourth-order valence-corrected chi connectivity index (χ4v) is 2.61. The van der Waals surface area contributed by atoms with Crippen molar-refractivity contribution in [2.45, 2.75) is 58.0 Å². The lowest BCUT2D eigenvalue weighted by molar-refractivity contribution is -0.129. The van der Waals surface area contributed by atoms with E-state index >= 15 is 0 Å². The van der Waals surface area contributed by atoms with E-state index in [1.165, 1.54) is 6.42 Å². The third kappa shape index (κ3) is 2.20. The van der Waals surface area contributed by atoms with E-state index in [-0.39, 0.29) is 11.3 Å². The second-order valence-electron chi connectivity index (χ2n) is 5.81. The molecule has 0 saturated heterocycles. The van der Waals surface area contributed by atoms with Crippen LogP contribution in [0.2, 0.25) is 0 Å². The second kappa shape index (κ2) is 3.75. The molecule has 0 radical (unpaired) electrons. The first-order chi connectivity index (χ1) is 7.43. The van der Waals surface area contributed by atoms with Crippen molar-refractivity contribution in [1.82, 2.24) is 0 Å². The Morgan fingerprint density at radius 3 is 2.69 bits per heavy atom.